The van der Waals surface area contributed by atoms with Gasteiger partial charge in [-0.25, -0.2) is 9.59 Å². The molecule has 286 valence electrons. The molecule has 0 aliphatic heterocycles. The zero-order valence-corrected chi connectivity index (χ0v) is 32.8. The molecule has 0 atom stereocenters. The summed E-state index contributed by atoms with van der Waals surface area (Å²) in [6.45, 7) is 22.3. The lowest BCUT2D eigenvalue weighted by Gasteiger charge is -2.37. The van der Waals surface area contributed by atoms with E-state index in [0.29, 0.717) is 0 Å². The summed E-state index contributed by atoms with van der Waals surface area (Å²) in [5, 5.41) is 15.5. The minimum absolute atomic E-state index is 0.00479. The number of benzene rings is 1. The van der Waals surface area contributed by atoms with Gasteiger partial charge in [-0.1, -0.05) is 30.3 Å². The fourth-order valence-electron chi connectivity index (χ4n) is 3.96. The van der Waals surface area contributed by atoms with Crippen LogP contribution < -0.4 is 31.9 Å². The molecule has 1 aromatic carbocycles. The Hall–Kier alpha value is -4.69. The van der Waals surface area contributed by atoms with E-state index in [9.17, 15) is 33.6 Å². The van der Waals surface area contributed by atoms with E-state index < -0.39 is 80.4 Å². The highest BCUT2D eigenvalue weighted by atomic mass is 16.6. The van der Waals surface area contributed by atoms with Gasteiger partial charge in [0, 0.05) is 0 Å². The van der Waals surface area contributed by atoms with Crippen molar-refractivity contribution in [2.45, 2.75) is 149 Å². The van der Waals surface area contributed by atoms with Crippen LogP contribution in [0, 0.1) is 0 Å². The maximum atomic E-state index is 13.4. The molecule has 0 aliphatic carbocycles. The molecule has 0 saturated heterocycles. The lowest BCUT2D eigenvalue weighted by molar-refractivity contribution is -0.163. The first-order valence-electron chi connectivity index (χ1n) is 16.6. The van der Waals surface area contributed by atoms with Gasteiger partial charge >= 0.3 is 12.1 Å². The second-order valence-corrected chi connectivity index (χ2v) is 16.7. The first-order valence-corrected chi connectivity index (χ1v) is 16.6. The van der Waals surface area contributed by atoms with Gasteiger partial charge in [0.15, 0.2) is 0 Å². The highest BCUT2D eigenvalue weighted by Gasteiger charge is 2.44. The average molecular weight is 719 g/mol. The Bertz CT molecular complexity index is 1490. The molecular formula is C36H58N6O9. The Labute approximate surface area is 301 Å². The van der Waals surface area contributed by atoms with Crippen molar-refractivity contribution in [3.63, 3.8) is 0 Å². The number of esters is 1. The molecule has 0 fully saturated rings. The van der Waals surface area contributed by atoms with Gasteiger partial charge in [-0.15, -0.1) is 0 Å². The van der Waals surface area contributed by atoms with E-state index in [0.717, 1.165) is 5.56 Å². The van der Waals surface area contributed by atoms with Gasteiger partial charge in [0.2, 0.25) is 29.5 Å². The maximum absolute atomic E-state index is 13.4. The van der Waals surface area contributed by atoms with Crippen LogP contribution in [0.3, 0.4) is 0 Å². The molecule has 0 bridgehead atoms. The van der Waals surface area contributed by atoms with Crippen LogP contribution in [-0.4, -0.2) is 80.4 Å². The van der Waals surface area contributed by atoms with E-state index in [1.54, 1.807) is 45.0 Å². The predicted molar refractivity (Wildman–Crippen MR) is 191 cm³/mol. The number of ether oxygens (including phenoxy) is 2. The highest BCUT2D eigenvalue weighted by molar-refractivity contribution is 6.01. The number of nitrogens with one attached hydrogen (secondary N) is 6. The number of alkyl carbamates (subject to hydrolysis) is 1. The van der Waals surface area contributed by atoms with Crippen molar-refractivity contribution in [1.82, 2.24) is 31.9 Å². The van der Waals surface area contributed by atoms with Crippen LogP contribution in [0.15, 0.2) is 30.3 Å². The summed E-state index contributed by atoms with van der Waals surface area (Å²) in [7, 11) is 0. The van der Waals surface area contributed by atoms with Gasteiger partial charge in [0.1, 0.15) is 45.4 Å². The number of carbonyl (C=O) groups is 7. The molecule has 6 amide bonds. The van der Waals surface area contributed by atoms with Crippen LogP contribution in [0.1, 0.15) is 109 Å². The Kier molecular flexibility index (Phi) is 13.6. The highest BCUT2D eigenvalue weighted by Crippen LogP contribution is 2.18. The Balaban J connectivity index is 2.87. The molecule has 15 nitrogen and oxygen atoms in total. The summed E-state index contributed by atoms with van der Waals surface area (Å²) < 4.78 is 10.6. The van der Waals surface area contributed by atoms with Crippen LogP contribution in [0.4, 0.5) is 4.79 Å². The minimum Gasteiger partial charge on any atom is -0.458 e. The summed E-state index contributed by atoms with van der Waals surface area (Å²) in [5.41, 5.74) is -9.16. The molecule has 1 aromatic rings. The molecule has 0 heterocycles. The van der Waals surface area contributed by atoms with Crippen LogP contribution >= 0.6 is 0 Å². The summed E-state index contributed by atoms with van der Waals surface area (Å²) in [6, 6.07) is 8.99. The number of carbonyl (C=O) groups excluding carboxylic acids is 7. The van der Waals surface area contributed by atoms with E-state index in [1.165, 1.54) is 83.1 Å². The third kappa shape index (κ3) is 13.5. The van der Waals surface area contributed by atoms with Crippen molar-refractivity contribution < 1.29 is 43.0 Å². The minimum atomic E-state index is -1.59. The van der Waals surface area contributed by atoms with E-state index in [4.69, 9.17) is 9.47 Å². The fourth-order valence-corrected chi connectivity index (χ4v) is 3.96. The summed E-state index contributed by atoms with van der Waals surface area (Å²) in [5.74, 6) is -4.23. The van der Waals surface area contributed by atoms with E-state index in [-0.39, 0.29) is 6.61 Å². The quantitative estimate of drug-likeness (QED) is 0.156. The van der Waals surface area contributed by atoms with E-state index in [1.807, 2.05) is 6.07 Å². The van der Waals surface area contributed by atoms with Crippen molar-refractivity contribution in [3.05, 3.63) is 35.9 Å². The number of hydrogen-bond acceptors (Lipinski definition) is 9. The molecule has 0 saturated carbocycles. The fraction of sp³-hybridized carbons (Fsp3) is 0.639. The smallest absolute Gasteiger partial charge is 0.408 e. The summed E-state index contributed by atoms with van der Waals surface area (Å²) in [4.78, 5) is 91.4. The van der Waals surface area contributed by atoms with Gasteiger partial charge in [0.05, 0.1) is 0 Å². The SMILES string of the molecule is CC(C)(C)OC(=O)C(C)(C)NC(=O)C(C)(C)NC(=O)C(C)(C)NC(=O)C(C)(C)NC(=O)C(C)(C)NC(=O)C(C)(C)NC(=O)OCc1ccccc1. The maximum Gasteiger partial charge on any atom is 0.408 e. The lowest BCUT2D eigenvalue weighted by atomic mass is 9.94. The van der Waals surface area contributed by atoms with Crippen molar-refractivity contribution in [1.29, 1.82) is 0 Å². The molecular weight excluding hydrogens is 660 g/mol. The van der Waals surface area contributed by atoms with Crippen molar-refractivity contribution in [2.75, 3.05) is 0 Å². The third-order valence-corrected chi connectivity index (χ3v) is 7.50. The van der Waals surface area contributed by atoms with Crippen LogP contribution in [0.5, 0.6) is 0 Å². The van der Waals surface area contributed by atoms with Crippen LogP contribution in [0.25, 0.3) is 0 Å². The first kappa shape index (κ1) is 44.3. The average Bonchev–Trinajstić information content (AvgIpc) is 2.94. The van der Waals surface area contributed by atoms with E-state index >= 15 is 0 Å². The van der Waals surface area contributed by atoms with Gasteiger partial charge in [-0.3, -0.25) is 24.0 Å². The van der Waals surface area contributed by atoms with Gasteiger partial charge in [-0.2, -0.15) is 0 Å². The Morgan fingerprint density at radius 3 is 1.06 bits per heavy atom. The zero-order chi connectivity index (χ0) is 40.0. The standard InChI is InChI=1S/C36H58N6O9/c1-30(2,3)51-28(48)36(14,15)41-26(46)34(10,11)39-24(44)32(6,7)37-23(43)31(4,5)38-25(45)33(8,9)40-27(47)35(12,13)42-29(49)50-21-22-19-17-16-18-20-22/h16-20H,21H2,1-15H3,(H,37,43)(H,38,45)(H,39,44)(H,40,47)(H,41,46)(H,42,49). The molecule has 51 heavy (non-hydrogen) atoms. The number of hydrogen-bond donors (Lipinski definition) is 6. The third-order valence-electron chi connectivity index (χ3n) is 7.50. The predicted octanol–water partition coefficient (Wildman–Crippen LogP) is 2.51. The van der Waals surface area contributed by atoms with Crippen molar-refractivity contribution in [2.24, 2.45) is 0 Å². The molecule has 0 aliphatic rings. The van der Waals surface area contributed by atoms with Crippen LogP contribution in [-0.2, 0) is 44.8 Å². The summed E-state index contributed by atoms with van der Waals surface area (Å²) in [6.07, 6.45) is -0.834. The molecule has 0 unspecified atom stereocenters. The monoisotopic (exact) mass is 718 g/mol. The Morgan fingerprint density at radius 2 is 0.745 bits per heavy atom. The number of amides is 6. The number of rotatable bonds is 14. The molecule has 0 radical (unpaired) electrons. The second-order valence-electron chi connectivity index (χ2n) is 16.7. The molecule has 0 spiro atoms. The largest absolute Gasteiger partial charge is 0.458 e. The Morgan fingerprint density at radius 1 is 0.451 bits per heavy atom. The van der Waals surface area contributed by atoms with Gasteiger partial charge < -0.3 is 41.4 Å². The molecule has 0 aromatic heterocycles. The molecule has 1 rings (SSSR count). The van der Waals surface area contributed by atoms with Crippen molar-refractivity contribution >= 4 is 41.6 Å². The van der Waals surface area contributed by atoms with Gasteiger partial charge in [-0.05, 0) is 109 Å². The molecule has 6 N–H and O–H groups in total. The zero-order valence-electron chi connectivity index (χ0n) is 32.8. The first-order chi connectivity index (χ1) is 22.7. The normalized spacial score (nSPS) is 12.8. The van der Waals surface area contributed by atoms with Crippen molar-refractivity contribution in [3.8, 4) is 0 Å². The summed E-state index contributed by atoms with van der Waals surface area (Å²) >= 11 is 0. The lowest BCUT2D eigenvalue weighted by Crippen LogP contribution is -2.69. The van der Waals surface area contributed by atoms with Gasteiger partial charge in [0.25, 0.3) is 0 Å². The van der Waals surface area contributed by atoms with E-state index in [2.05, 4.69) is 31.9 Å². The molecule has 15 heteroatoms. The topological polar surface area (TPSA) is 210 Å². The van der Waals surface area contributed by atoms with Crippen LogP contribution in [0.2, 0.25) is 0 Å². The second kappa shape index (κ2) is 15.7.